The molecule has 2 aromatic carbocycles. The summed E-state index contributed by atoms with van der Waals surface area (Å²) < 4.78 is 6.60. The molecule has 3 saturated heterocycles. The van der Waals surface area contributed by atoms with Crippen molar-refractivity contribution in [3.05, 3.63) is 52.0 Å². The number of aliphatic hydroxyl groups excluding tert-OH is 1. The molecule has 0 bridgehead atoms. The van der Waals surface area contributed by atoms with E-state index in [9.17, 15) is 24.6 Å². The number of anilines is 1. The number of urea groups is 1. The zero-order valence-electron chi connectivity index (χ0n) is 28.5. The SMILES string of the molecule is Bc1cc(C[C@@H](OC(=O)N2CCC(N3CCc4ccccc4NC3=O)CC2)C(=O)N2CCC(C3CCN(CCO)CC3)CC2)cc(Br)c1O. The van der Waals surface area contributed by atoms with Gasteiger partial charge in [0, 0.05) is 57.4 Å². The first-order valence-electron chi connectivity index (χ1n) is 17.9. The molecule has 2 aromatic rings. The van der Waals surface area contributed by atoms with Gasteiger partial charge in [-0.1, -0.05) is 24.3 Å². The number of carbonyl (C=O) groups is 3. The number of hydrogen-bond donors (Lipinski definition) is 3. The number of phenolic OH excluding ortho intramolecular Hbond substituents is 1. The number of nitrogens with one attached hydrogen (secondary N) is 1. The molecule has 4 aliphatic rings. The van der Waals surface area contributed by atoms with Crippen LogP contribution in [0.4, 0.5) is 15.3 Å². The van der Waals surface area contributed by atoms with Crippen molar-refractivity contribution in [1.82, 2.24) is 19.6 Å². The number of β-amino-alcohol motifs (C(OH)–C–C–N with tert-alkyl or cyclic N) is 1. The molecule has 264 valence electrons. The van der Waals surface area contributed by atoms with Gasteiger partial charge in [0.15, 0.2) is 6.10 Å². The molecule has 1 atom stereocenters. The molecule has 0 spiro atoms. The summed E-state index contributed by atoms with van der Waals surface area (Å²) in [6, 6.07) is 11.4. The molecule has 3 N–H and O–H groups in total. The minimum atomic E-state index is -0.991. The molecule has 6 rings (SSSR count). The smallest absolute Gasteiger partial charge is 0.410 e. The van der Waals surface area contributed by atoms with Crippen LogP contribution in [0.2, 0.25) is 0 Å². The Morgan fingerprint density at radius 1 is 0.939 bits per heavy atom. The van der Waals surface area contributed by atoms with E-state index in [2.05, 4.69) is 26.1 Å². The molecule has 11 nitrogen and oxygen atoms in total. The summed E-state index contributed by atoms with van der Waals surface area (Å²) in [6.07, 6.45) is 4.86. The number of benzene rings is 2. The lowest BCUT2D eigenvalue weighted by atomic mass is 9.78. The van der Waals surface area contributed by atoms with Crippen LogP contribution in [0.15, 0.2) is 40.9 Å². The second-order valence-electron chi connectivity index (χ2n) is 14.1. The van der Waals surface area contributed by atoms with Crippen molar-refractivity contribution in [3.63, 3.8) is 0 Å². The zero-order valence-corrected chi connectivity index (χ0v) is 30.1. The third-order valence-corrected chi connectivity index (χ3v) is 11.7. The number of rotatable bonds is 8. The van der Waals surface area contributed by atoms with Gasteiger partial charge in [-0.25, -0.2) is 9.59 Å². The fourth-order valence-electron chi connectivity index (χ4n) is 8.20. The highest BCUT2D eigenvalue weighted by molar-refractivity contribution is 9.10. The Balaban J connectivity index is 1.07. The molecule has 3 fully saturated rings. The molecule has 0 saturated carbocycles. The molecule has 13 heteroatoms. The molecule has 49 heavy (non-hydrogen) atoms. The summed E-state index contributed by atoms with van der Waals surface area (Å²) in [5.41, 5.74) is 3.45. The zero-order chi connectivity index (χ0) is 34.5. The number of aliphatic hydroxyl groups is 1. The number of hydrogen-bond acceptors (Lipinski definition) is 7. The van der Waals surface area contributed by atoms with Gasteiger partial charge < -0.3 is 39.9 Å². The Bertz CT molecular complexity index is 1470. The molecular formula is C36H49BBrN5O6. The number of amides is 4. The third-order valence-electron chi connectivity index (χ3n) is 11.1. The van der Waals surface area contributed by atoms with E-state index < -0.39 is 12.2 Å². The average Bonchev–Trinajstić information content (AvgIpc) is 3.28. The molecule has 4 amide bonds. The second-order valence-corrected chi connectivity index (χ2v) is 15.0. The highest BCUT2D eigenvalue weighted by Gasteiger charge is 2.37. The number of aromatic hydroxyl groups is 1. The summed E-state index contributed by atoms with van der Waals surface area (Å²) in [5, 5.41) is 22.6. The number of para-hydroxylation sites is 1. The number of likely N-dealkylation sites (tertiary alicyclic amines) is 3. The van der Waals surface area contributed by atoms with E-state index >= 15 is 0 Å². The lowest BCUT2D eigenvalue weighted by Crippen LogP contribution is -2.52. The Kier molecular flexibility index (Phi) is 11.7. The number of nitrogens with zero attached hydrogens (tertiary/aromatic N) is 4. The first kappa shape index (κ1) is 35.5. The Morgan fingerprint density at radius 2 is 1.59 bits per heavy atom. The van der Waals surface area contributed by atoms with Crippen LogP contribution in [0, 0.1) is 11.8 Å². The van der Waals surface area contributed by atoms with Crippen molar-refractivity contribution in [3.8, 4) is 5.75 Å². The summed E-state index contributed by atoms with van der Waals surface area (Å²) in [5.74, 6) is 1.18. The largest absolute Gasteiger partial charge is 0.507 e. The summed E-state index contributed by atoms with van der Waals surface area (Å²) in [4.78, 5) is 48.5. The molecule has 0 aromatic heterocycles. The summed E-state index contributed by atoms with van der Waals surface area (Å²) in [7, 11) is 1.80. The van der Waals surface area contributed by atoms with E-state index in [1.54, 1.807) is 18.8 Å². The van der Waals surface area contributed by atoms with Gasteiger partial charge in [0.1, 0.15) is 13.6 Å². The van der Waals surface area contributed by atoms with E-state index in [-0.39, 0.29) is 36.8 Å². The lowest BCUT2D eigenvalue weighted by Gasteiger charge is -2.41. The number of phenols is 1. The fourth-order valence-corrected chi connectivity index (χ4v) is 8.80. The molecule has 4 aliphatic heterocycles. The van der Waals surface area contributed by atoms with Crippen LogP contribution < -0.4 is 10.8 Å². The predicted molar refractivity (Wildman–Crippen MR) is 194 cm³/mol. The van der Waals surface area contributed by atoms with Crippen LogP contribution in [-0.2, 0) is 22.4 Å². The topological polar surface area (TPSA) is 126 Å². The molecule has 0 radical (unpaired) electrons. The number of piperidine rings is 3. The maximum atomic E-state index is 14.1. The van der Waals surface area contributed by atoms with E-state index in [0.29, 0.717) is 67.3 Å². The maximum Gasteiger partial charge on any atom is 0.410 e. The van der Waals surface area contributed by atoms with Gasteiger partial charge in [-0.15, -0.1) is 0 Å². The van der Waals surface area contributed by atoms with Crippen LogP contribution in [0.3, 0.4) is 0 Å². The van der Waals surface area contributed by atoms with Crippen molar-refractivity contribution >= 4 is 53.0 Å². The van der Waals surface area contributed by atoms with Gasteiger partial charge in [-0.05, 0) is 115 Å². The van der Waals surface area contributed by atoms with E-state index in [0.717, 1.165) is 68.6 Å². The van der Waals surface area contributed by atoms with Gasteiger partial charge in [-0.3, -0.25) is 4.79 Å². The quantitative estimate of drug-likeness (QED) is 0.356. The third kappa shape index (κ3) is 8.54. The molecule has 0 aliphatic carbocycles. The predicted octanol–water partition coefficient (Wildman–Crippen LogP) is 2.96. The highest BCUT2D eigenvalue weighted by Crippen LogP contribution is 2.33. The Labute approximate surface area is 298 Å². The van der Waals surface area contributed by atoms with Crippen molar-refractivity contribution in [2.45, 2.75) is 63.5 Å². The van der Waals surface area contributed by atoms with Gasteiger partial charge >= 0.3 is 12.1 Å². The maximum absolute atomic E-state index is 14.1. The minimum Gasteiger partial charge on any atom is -0.507 e. The van der Waals surface area contributed by atoms with Crippen molar-refractivity contribution in [1.29, 1.82) is 0 Å². The first-order valence-corrected chi connectivity index (χ1v) is 18.7. The number of carbonyl (C=O) groups excluding carboxylic acids is 3. The monoisotopic (exact) mass is 737 g/mol. The van der Waals surface area contributed by atoms with E-state index in [1.165, 1.54) is 0 Å². The number of halogens is 1. The Morgan fingerprint density at radius 3 is 2.27 bits per heavy atom. The number of ether oxygens (including phenoxy) is 1. The molecular weight excluding hydrogens is 689 g/mol. The van der Waals surface area contributed by atoms with Gasteiger partial charge in [-0.2, -0.15) is 0 Å². The van der Waals surface area contributed by atoms with Crippen LogP contribution in [0.5, 0.6) is 5.75 Å². The molecule has 0 unspecified atom stereocenters. The summed E-state index contributed by atoms with van der Waals surface area (Å²) >= 11 is 3.42. The van der Waals surface area contributed by atoms with Crippen LogP contribution in [0.25, 0.3) is 0 Å². The Hall–Kier alpha value is -3.29. The summed E-state index contributed by atoms with van der Waals surface area (Å²) in [6.45, 7) is 5.74. The van der Waals surface area contributed by atoms with Crippen LogP contribution >= 0.6 is 15.9 Å². The fraction of sp³-hybridized carbons (Fsp3) is 0.583. The van der Waals surface area contributed by atoms with Gasteiger partial charge in [0.25, 0.3) is 5.91 Å². The lowest BCUT2D eigenvalue weighted by molar-refractivity contribution is -0.142. The van der Waals surface area contributed by atoms with Crippen LogP contribution in [-0.4, -0.2) is 127 Å². The first-order chi connectivity index (χ1) is 23.7. The number of fused-ring (bicyclic) bond motifs is 1. The van der Waals surface area contributed by atoms with E-state index in [1.807, 2.05) is 40.1 Å². The average molecular weight is 739 g/mol. The minimum absolute atomic E-state index is 0.0105. The normalized spacial score (nSPS) is 20.8. The van der Waals surface area contributed by atoms with Crippen molar-refractivity contribution in [2.75, 3.05) is 64.3 Å². The van der Waals surface area contributed by atoms with Gasteiger partial charge in [0.2, 0.25) is 0 Å². The van der Waals surface area contributed by atoms with Gasteiger partial charge in [0.05, 0.1) is 11.1 Å². The van der Waals surface area contributed by atoms with E-state index in [4.69, 9.17) is 4.74 Å². The van der Waals surface area contributed by atoms with Crippen molar-refractivity contribution < 1.29 is 29.3 Å². The molecule has 4 heterocycles. The standard InChI is InChI=1S/C36H49BBrN5O6/c37-29-21-24(22-30(38)33(29)45)23-32(34(46)41-14-7-26(8-15-41)25-5-12-40(13-6-25)19-20-44)49-36(48)42-16-10-28(11-17-42)43-18-9-27-3-1-2-4-31(27)39-35(43)47/h1-4,21-22,25-26,28,32,44-45H,5-20,23,37H2,(H,39,47)/t32-/m1/s1. The van der Waals surface area contributed by atoms with Crippen LogP contribution in [0.1, 0.15) is 49.7 Å². The second kappa shape index (κ2) is 16.2. The highest BCUT2D eigenvalue weighted by atomic mass is 79.9. The van der Waals surface area contributed by atoms with Crippen molar-refractivity contribution in [2.24, 2.45) is 11.8 Å².